The van der Waals surface area contributed by atoms with Gasteiger partial charge in [0.25, 0.3) is 0 Å². The highest BCUT2D eigenvalue weighted by molar-refractivity contribution is 5.88. The molecule has 2 aromatic rings. The molecule has 0 saturated carbocycles. The molecule has 18 heavy (non-hydrogen) atoms. The molecular formula is C15H17NO2. The molecular weight excluding hydrogens is 226 g/mol. The summed E-state index contributed by atoms with van der Waals surface area (Å²) in [6.07, 6.45) is 3.13. The van der Waals surface area contributed by atoms with Gasteiger partial charge in [0.2, 0.25) is 0 Å². The van der Waals surface area contributed by atoms with Crippen molar-refractivity contribution in [3.8, 4) is 0 Å². The number of para-hydroxylation sites is 1. The number of nitrogens with zero attached hydrogens (tertiary/aromatic N) is 1. The summed E-state index contributed by atoms with van der Waals surface area (Å²) >= 11 is 0. The number of hydrogen-bond donors (Lipinski definition) is 0. The van der Waals surface area contributed by atoms with Crippen molar-refractivity contribution in [3.05, 3.63) is 36.0 Å². The third-order valence-electron chi connectivity index (χ3n) is 3.75. The van der Waals surface area contributed by atoms with Gasteiger partial charge in [-0.2, -0.15) is 0 Å². The van der Waals surface area contributed by atoms with E-state index in [1.54, 1.807) is 0 Å². The highest BCUT2D eigenvalue weighted by atomic mass is 16.5. The number of rotatable bonds is 3. The zero-order valence-electron chi connectivity index (χ0n) is 10.3. The van der Waals surface area contributed by atoms with Gasteiger partial charge < -0.3 is 9.30 Å². The maximum Gasteiger partial charge on any atom is 0.166 e. The maximum absolute atomic E-state index is 11.2. The quantitative estimate of drug-likeness (QED) is 0.776. The Bertz CT molecular complexity index is 553. The summed E-state index contributed by atoms with van der Waals surface area (Å²) in [4.78, 5) is 11.2. The Hall–Kier alpha value is -1.61. The molecule has 2 heterocycles. The molecule has 1 aliphatic rings. The second kappa shape index (κ2) is 4.94. The van der Waals surface area contributed by atoms with E-state index in [1.165, 1.54) is 0 Å². The van der Waals surface area contributed by atoms with Gasteiger partial charge in [0, 0.05) is 30.7 Å². The van der Waals surface area contributed by atoms with E-state index in [0.717, 1.165) is 55.5 Å². The van der Waals surface area contributed by atoms with Crippen LogP contribution in [-0.2, 0) is 11.3 Å². The van der Waals surface area contributed by atoms with Crippen molar-refractivity contribution < 1.29 is 9.53 Å². The number of fused-ring (bicyclic) bond motifs is 1. The molecule has 0 amide bonds. The maximum atomic E-state index is 11.2. The van der Waals surface area contributed by atoms with E-state index in [4.69, 9.17) is 4.74 Å². The van der Waals surface area contributed by atoms with Gasteiger partial charge >= 0.3 is 0 Å². The van der Waals surface area contributed by atoms with Crippen LogP contribution >= 0.6 is 0 Å². The van der Waals surface area contributed by atoms with Crippen molar-refractivity contribution >= 4 is 17.2 Å². The van der Waals surface area contributed by atoms with Gasteiger partial charge in [-0.3, -0.25) is 4.79 Å². The van der Waals surface area contributed by atoms with Crippen molar-refractivity contribution in [1.29, 1.82) is 0 Å². The second-order valence-corrected chi connectivity index (χ2v) is 4.91. The zero-order chi connectivity index (χ0) is 12.4. The molecule has 0 atom stereocenters. The third-order valence-corrected chi connectivity index (χ3v) is 3.75. The van der Waals surface area contributed by atoms with Crippen LogP contribution in [0.1, 0.15) is 23.3 Å². The first-order valence-corrected chi connectivity index (χ1v) is 6.49. The van der Waals surface area contributed by atoms with Crippen LogP contribution in [-0.4, -0.2) is 24.1 Å². The van der Waals surface area contributed by atoms with Gasteiger partial charge in [0.1, 0.15) is 0 Å². The summed E-state index contributed by atoms with van der Waals surface area (Å²) in [5, 5.41) is 1.15. The zero-order valence-corrected chi connectivity index (χ0v) is 10.3. The summed E-state index contributed by atoms with van der Waals surface area (Å²) in [7, 11) is 0. The molecule has 0 unspecified atom stereocenters. The van der Waals surface area contributed by atoms with Crippen LogP contribution in [0, 0.1) is 5.92 Å². The van der Waals surface area contributed by atoms with Gasteiger partial charge in [0.15, 0.2) is 6.29 Å². The number of carbonyl (C=O) groups is 1. The Kier molecular flexibility index (Phi) is 3.15. The Balaban J connectivity index is 1.95. The predicted octanol–water partition coefficient (Wildman–Crippen LogP) is 2.88. The van der Waals surface area contributed by atoms with Gasteiger partial charge in [-0.25, -0.2) is 0 Å². The van der Waals surface area contributed by atoms with Crippen LogP contribution in [0.15, 0.2) is 30.3 Å². The van der Waals surface area contributed by atoms with Crippen LogP contribution < -0.4 is 0 Å². The fourth-order valence-corrected chi connectivity index (χ4v) is 2.72. The molecule has 1 saturated heterocycles. The minimum atomic E-state index is 0.619. The Labute approximate surface area is 106 Å². The van der Waals surface area contributed by atoms with E-state index in [9.17, 15) is 4.79 Å². The Morgan fingerprint density at radius 1 is 1.28 bits per heavy atom. The average Bonchev–Trinajstić information content (AvgIpc) is 2.78. The molecule has 0 spiro atoms. The standard InChI is InChI=1S/C15H17NO2/c17-11-14-9-13-3-1-2-4-15(13)16(14)10-12-5-7-18-8-6-12/h1-4,9,11-12H,5-8,10H2. The van der Waals surface area contributed by atoms with Crippen LogP contribution in [0.2, 0.25) is 0 Å². The van der Waals surface area contributed by atoms with Crippen LogP contribution in [0.25, 0.3) is 10.9 Å². The third kappa shape index (κ3) is 2.06. The van der Waals surface area contributed by atoms with E-state index < -0.39 is 0 Å². The predicted molar refractivity (Wildman–Crippen MR) is 70.9 cm³/mol. The molecule has 0 bridgehead atoms. The van der Waals surface area contributed by atoms with Crippen molar-refractivity contribution in [2.24, 2.45) is 5.92 Å². The lowest BCUT2D eigenvalue weighted by molar-refractivity contribution is 0.0614. The van der Waals surface area contributed by atoms with Gasteiger partial charge in [0.05, 0.1) is 5.69 Å². The van der Waals surface area contributed by atoms with E-state index in [-0.39, 0.29) is 0 Å². The van der Waals surface area contributed by atoms with Crippen molar-refractivity contribution in [2.45, 2.75) is 19.4 Å². The fraction of sp³-hybridized carbons (Fsp3) is 0.400. The van der Waals surface area contributed by atoms with E-state index >= 15 is 0 Å². The Morgan fingerprint density at radius 2 is 2.06 bits per heavy atom. The molecule has 1 aromatic carbocycles. The first kappa shape index (κ1) is 11.5. The van der Waals surface area contributed by atoms with Gasteiger partial charge in [-0.15, -0.1) is 0 Å². The molecule has 3 heteroatoms. The first-order valence-electron chi connectivity index (χ1n) is 6.49. The van der Waals surface area contributed by atoms with Gasteiger partial charge in [-0.05, 0) is 30.9 Å². The van der Waals surface area contributed by atoms with Crippen LogP contribution in [0.5, 0.6) is 0 Å². The molecule has 1 aromatic heterocycles. The topological polar surface area (TPSA) is 31.2 Å². The largest absolute Gasteiger partial charge is 0.381 e. The van der Waals surface area contributed by atoms with Crippen LogP contribution in [0.3, 0.4) is 0 Å². The lowest BCUT2D eigenvalue weighted by atomic mass is 10.0. The molecule has 0 N–H and O–H groups in total. The molecule has 3 nitrogen and oxygen atoms in total. The minimum absolute atomic E-state index is 0.619. The lowest BCUT2D eigenvalue weighted by Gasteiger charge is -2.23. The van der Waals surface area contributed by atoms with Crippen LogP contribution in [0.4, 0.5) is 0 Å². The van der Waals surface area contributed by atoms with Gasteiger partial charge in [-0.1, -0.05) is 18.2 Å². The smallest absolute Gasteiger partial charge is 0.166 e. The summed E-state index contributed by atoms with van der Waals surface area (Å²) < 4.78 is 7.54. The lowest BCUT2D eigenvalue weighted by Crippen LogP contribution is -2.21. The average molecular weight is 243 g/mol. The monoisotopic (exact) mass is 243 g/mol. The van der Waals surface area contributed by atoms with Crippen molar-refractivity contribution in [2.75, 3.05) is 13.2 Å². The van der Waals surface area contributed by atoms with E-state index in [2.05, 4.69) is 16.7 Å². The normalized spacial score (nSPS) is 17.1. The number of aromatic nitrogens is 1. The Morgan fingerprint density at radius 3 is 2.83 bits per heavy atom. The summed E-state index contributed by atoms with van der Waals surface area (Å²) in [5.74, 6) is 0.619. The molecule has 1 fully saturated rings. The fourth-order valence-electron chi connectivity index (χ4n) is 2.72. The molecule has 0 radical (unpaired) electrons. The SMILES string of the molecule is O=Cc1cc2ccccc2n1CC1CCOCC1. The number of ether oxygens (including phenoxy) is 1. The molecule has 1 aliphatic heterocycles. The number of aldehydes is 1. The summed E-state index contributed by atoms with van der Waals surface area (Å²) in [6, 6.07) is 10.2. The molecule has 94 valence electrons. The van der Waals surface area contributed by atoms with Crippen molar-refractivity contribution in [1.82, 2.24) is 4.57 Å². The summed E-state index contributed by atoms with van der Waals surface area (Å²) in [5.41, 5.74) is 1.94. The summed E-state index contributed by atoms with van der Waals surface area (Å²) in [6.45, 7) is 2.62. The highest BCUT2D eigenvalue weighted by Gasteiger charge is 2.17. The van der Waals surface area contributed by atoms with Crippen molar-refractivity contribution in [3.63, 3.8) is 0 Å². The minimum Gasteiger partial charge on any atom is -0.381 e. The molecule has 3 rings (SSSR count). The first-order chi connectivity index (χ1) is 8.88. The number of benzene rings is 1. The van der Waals surface area contributed by atoms with E-state index in [1.807, 2.05) is 18.2 Å². The number of carbonyl (C=O) groups excluding carboxylic acids is 1. The van der Waals surface area contributed by atoms with E-state index in [0.29, 0.717) is 5.92 Å². The highest BCUT2D eigenvalue weighted by Crippen LogP contribution is 2.23. The second-order valence-electron chi connectivity index (χ2n) is 4.91. The molecule has 0 aliphatic carbocycles. The number of hydrogen-bond acceptors (Lipinski definition) is 2.